The van der Waals surface area contributed by atoms with E-state index >= 15 is 0 Å². The van der Waals surface area contributed by atoms with Crippen LogP contribution in [0.3, 0.4) is 0 Å². The van der Waals surface area contributed by atoms with Crippen molar-refractivity contribution in [1.29, 1.82) is 0 Å². The fourth-order valence-electron chi connectivity index (χ4n) is 3.66. The van der Waals surface area contributed by atoms with Gasteiger partial charge >= 0.3 is 5.97 Å². The van der Waals surface area contributed by atoms with Crippen molar-refractivity contribution in [3.63, 3.8) is 0 Å². The average molecular weight is 450 g/mol. The first-order valence-corrected chi connectivity index (χ1v) is 9.85. The average Bonchev–Trinajstić information content (AvgIpc) is 3.05. The van der Waals surface area contributed by atoms with Gasteiger partial charge in [0.2, 0.25) is 0 Å². The summed E-state index contributed by atoms with van der Waals surface area (Å²) in [6, 6.07) is 17.2. The summed E-state index contributed by atoms with van der Waals surface area (Å²) in [5.74, 6) is -4.09. The van der Waals surface area contributed by atoms with Gasteiger partial charge in [-0.25, -0.2) is 4.79 Å². The first-order valence-electron chi connectivity index (χ1n) is 9.48. The van der Waals surface area contributed by atoms with Crippen molar-refractivity contribution in [2.45, 2.75) is 6.04 Å². The number of phenols is 1. The maximum atomic E-state index is 13.1. The number of carboxylic acid groups (broad SMARTS) is 1. The molecule has 8 heteroatoms. The number of anilines is 1. The standard InChI is InChI=1S/C24H16ClNO6/c25-15-8-6-13(7-9-15)20-19(21(28)14-4-2-1-3-5-14)22(29)23(30)26(20)16-10-11-18(27)17(12-16)24(31)32/h1-12,20,27-28H,(H,31,32)/t20-/m1/s1. The molecule has 160 valence electrons. The van der Waals surface area contributed by atoms with Crippen LogP contribution in [0.5, 0.6) is 5.75 Å². The second kappa shape index (κ2) is 8.20. The number of nitrogens with zero attached hydrogens (tertiary/aromatic N) is 1. The Morgan fingerprint density at radius 2 is 1.56 bits per heavy atom. The maximum Gasteiger partial charge on any atom is 0.339 e. The number of amides is 1. The lowest BCUT2D eigenvalue weighted by Gasteiger charge is -2.26. The fraction of sp³-hybridized carbons (Fsp3) is 0.0417. The molecule has 0 aliphatic carbocycles. The Morgan fingerprint density at radius 1 is 0.906 bits per heavy atom. The van der Waals surface area contributed by atoms with E-state index in [1.165, 1.54) is 6.07 Å². The van der Waals surface area contributed by atoms with E-state index in [1.807, 2.05) is 0 Å². The van der Waals surface area contributed by atoms with Crippen molar-refractivity contribution < 1.29 is 29.7 Å². The van der Waals surface area contributed by atoms with Gasteiger partial charge in [-0.05, 0) is 35.9 Å². The highest BCUT2D eigenvalue weighted by molar-refractivity contribution is 6.51. The number of hydrogen-bond acceptors (Lipinski definition) is 5. The summed E-state index contributed by atoms with van der Waals surface area (Å²) < 4.78 is 0. The summed E-state index contributed by atoms with van der Waals surface area (Å²) in [5, 5.41) is 30.6. The van der Waals surface area contributed by atoms with E-state index in [4.69, 9.17) is 11.6 Å². The number of ketones is 1. The highest BCUT2D eigenvalue weighted by atomic mass is 35.5. The van der Waals surface area contributed by atoms with Crippen molar-refractivity contribution in [2.75, 3.05) is 4.90 Å². The van der Waals surface area contributed by atoms with Crippen LogP contribution in [0.15, 0.2) is 78.4 Å². The number of carbonyl (C=O) groups excluding carboxylic acids is 2. The van der Waals surface area contributed by atoms with Gasteiger partial charge in [0.25, 0.3) is 11.7 Å². The Balaban J connectivity index is 1.96. The van der Waals surface area contributed by atoms with Gasteiger partial charge in [-0.15, -0.1) is 0 Å². The summed E-state index contributed by atoms with van der Waals surface area (Å²) in [4.78, 5) is 38.7. The molecule has 0 radical (unpaired) electrons. The maximum absolute atomic E-state index is 13.1. The van der Waals surface area contributed by atoms with E-state index in [1.54, 1.807) is 54.6 Å². The molecule has 3 aromatic rings. The van der Waals surface area contributed by atoms with Crippen LogP contribution in [0.25, 0.3) is 5.76 Å². The van der Waals surface area contributed by atoms with Crippen LogP contribution < -0.4 is 4.90 Å². The molecule has 1 aliphatic rings. The lowest BCUT2D eigenvalue weighted by molar-refractivity contribution is -0.132. The number of aliphatic hydroxyl groups is 1. The predicted octanol–water partition coefficient (Wildman–Crippen LogP) is 4.37. The first-order chi connectivity index (χ1) is 15.3. The Morgan fingerprint density at radius 3 is 2.19 bits per heavy atom. The summed E-state index contributed by atoms with van der Waals surface area (Å²) in [6.07, 6.45) is 0. The number of hydrogen-bond donors (Lipinski definition) is 3. The smallest absolute Gasteiger partial charge is 0.339 e. The zero-order valence-corrected chi connectivity index (χ0v) is 17.2. The summed E-state index contributed by atoms with van der Waals surface area (Å²) in [6.45, 7) is 0. The Hall–Kier alpha value is -4.10. The number of aromatic hydroxyl groups is 1. The predicted molar refractivity (Wildman–Crippen MR) is 118 cm³/mol. The van der Waals surface area contributed by atoms with Crippen molar-refractivity contribution in [3.8, 4) is 5.75 Å². The molecule has 0 bridgehead atoms. The Kier molecular flexibility index (Phi) is 5.42. The number of aliphatic hydroxyl groups excluding tert-OH is 1. The molecular formula is C24H16ClNO6. The lowest BCUT2D eigenvalue weighted by atomic mass is 9.95. The van der Waals surface area contributed by atoms with Crippen molar-refractivity contribution in [2.24, 2.45) is 0 Å². The summed E-state index contributed by atoms with van der Waals surface area (Å²) in [5.41, 5.74) is 0.336. The number of benzene rings is 3. The number of carbonyl (C=O) groups is 3. The number of rotatable bonds is 4. The largest absolute Gasteiger partial charge is 0.507 e. The molecule has 1 amide bonds. The molecule has 3 N–H and O–H groups in total. The summed E-state index contributed by atoms with van der Waals surface area (Å²) in [7, 11) is 0. The van der Waals surface area contributed by atoms with Crippen LogP contribution in [0.4, 0.5) is 5.69 Å². The van der Waals surface area contributed by atoms with E-state index in [0.29, 0.717) is 16.1 Å². The van der Waals surface area contributed by atoms with Gasteiger partial charge in [-0.1, -0.05) is 54.1 Å². The minimum atomic E-state index is -1.40. The van der Waals surface area contributed by atoms with Crippen LogP contribution in [0.1, 0.15) is 27.5 Å². The van der Waals surface area contributed by atoms with Crippen molar-refractivity contribution >= 4 is 40.7 Å². The lowest BCUT2D eigenvalue weighted by Crippen LogP contribution is -2.29. The Labute approximate surface area is 187 Å². The quantitative estimate of drug-likeness (QED) is 0.309. The van der Waals surface area contributed by atoms with Crippen LogP contribution in [-0.2, 0) is 9.59 Å². The van der Waals surface area contributed by atoms with Crippen molar-refractivity contribution in [1.82, 2.24) is 0 Å². The molecule has 4 rings (SSSR count). The second-order valence-corrected chi connectivity index (χ2v) is 7.53. The number of Topliss-reactive ketones (excluding diaryl/α,β-unsaturated/α-hetero) is 1. The van der Waals surface area contributed by atoms with E-state index in [9.17, 15) is 29.7 Å². The monoisotopic (exact) mass is 449 g/mol. The molecule has 3 aromatic carbocycles. The third-order valence-electron chi connectivity index (χ3n) is 5.17. The molecule has 1 heterocycles. The number of halogens is 1. The molecule has 0 saturated carbocycles. The molecule has 32 heavy (non-hydrogen) atoms. The van der Waals surface area contributed by atoms with E-state index in [2.05, 4.69) is 0 Å². The number of aromatic carboxylic acids is 1. The van der Waals surface area contributed by atoms with Gasteiger partial charge in [-0.3, -0.25) is 14.5 Å². The van der Waals surface area contributed by atoms with Gasteiger partial charge < -0.3 is 15.3 Å². The fourth-order valence-corrected chi connectivity index (χ4v) is 3.78. The van der Waals surface area contributed by atoms with Crippen LogP contribution in [-0.4, -0.2) is 33.0 Å². The Bertz CT molecular complexity index is 1270. The first kappa shape index (κ1) is 21.1. The molecule has 1 saturated heterocycles. The molecule has 0 aromatic heterocycles. The van der Waals surface area contributed by atoms with Gasteiger partial charge in [0.05, 0.1) is 11.6 Å². The highest BCUT2D eigenvalue weighted by Crippen LogP contribution is 2.43. The minimum Gasteiger partial charge on any atom is -0.507 e. The minimum absolute atomic E-state index is 0.0781. The SMILES string of the molecule is O=C1C(=O)N(c2ccc(O)c(C(=O)O)c2)[C@H](c2ccc(Cl)cc2)C1=C(O)c1ccccc1. The molecule has 7 nitrogen and oxygen atoms in total. The summed E-state index contributed by atoms with van der Waals surface area (Å²) >= 11 is 6.00. The molecule has 0 unspecified atom stereocenters. The van der Waals surface area contributed by atoms with E-state index < -0.39 is 35.0 Å². The highest BCUT2D eigenvalue weighted by Gasteiger charge is 2.47. The third-order valence-corrected chi connectivity index (χ3v) is 5.42. The topological polar surface area (TPSA) is 115 Å². The second-order valence-electron chi connectivity index (χ2n) is 7.09. The van der Waals surface area contributed by atoms with Gasteiger partial charge in [0.1, 0.15) is 17.1 Å². The van der Waals surface area contributed by atoms with Gasteiger partial charge in [0.15, 0.2) is 0 Å². The molecule has 0 spiro atoms. The number of carboxylic acids is 1. The van der Waals surface area contributed by atoms with Gasteiger partial charge in [0, 0.05) is 16.3 Å². The molecule has 1 aliphatic heterocycles. The van der Waals surface area contributed by atoms with Gasteiger partial charge in [-0.2, -0.15) is 0 Å². The van der Waals surface area contributed by atoms with Crippen LogP contribution in [0, 0.1) is 0 Å². The zero-order chi connectivity index (χ0) is 23.0. The zero-order valence-electron chi connectivity index (χ0n) is 16.4. The molecule has 1 atom stereocenters. The van der Waals surface area contributed by atoms with Crippen molar-refractivity contribution in [3.05, 3.63) is 100 Å². The molecular weight excluding hydrogens is 434 g/mol. The van der Waals surface area contributed by atoms with E-state index in [0.717, 1.165) is 17.0 Å². The third kappa shape index (κ3) is 3.59. The van der Waals surface area contributed by atoms with Crippen LogP contribution in [0.2, 0.25) is 5.02 Å². The molecule has 1 fully saturated rings. The van der Waals surface area contributed by atoms with E-state index in [-0.39, 0.29) is 17.0 Å². The normalized spacial score (nSPS) is 17.5. The van der Waals surface area contributed by atoms with Crippen LogP contribution >= 0.6 is 11.6 Å².